The summed E-state index contributed by atoms with van der Waals surface area (Å²) in [6, 6.07) is 18.1. The number of amides is 3. The van der Waals surface area contributed by atoms with Crippen molar-refractivity contribution in [1.29, 1.82) is 0 Å². The van der Waals surface area contributed by atoms with Gasteiger partial charge in [-0.25, -0.2) is 4.79 Å². The van der Waals surface area contributed by atoms with E-state index in [2.05, 4.69) is 23.6 Å². The fourth-order valence-electron chi connectivity index (χ4n) is 5.84. The minimum absolute atomic E-state index is 0.185. The van der Waals surface area contributed by atoms with Gasteiger partial charge in [0.1, 0.15) is 17.7 Å². The molecular formula is C39H55N3O4. The standard InChI is InChI=1S/C39H55N3O4/c1-9-11-12-13-14-17-22-42(37(44)34(29(5)10-2)41-38(45)46-39(6,7)8)35(32-24-27(3)23-28(4)25-32)36(43)40-33-21-20-30-18-15-16-19-31(30)26-33/h15-16,18-21,23-26,29,34-35H,9-14,17,22H2,1-8H3,(H,40,43)(H,41,45). The molecule has 3 atom stereocenters. The molecule has 0 fully saturated rings. The Hall–Kier alpha value is -3.87. The highest BCUT2D eigenvalue weighted by Gasteiger charge is 2.38. The van der Waals surface area contributed by atoms with E-state index in [1.54, 1.807) is 25.7 Å². The van der Waals surface area contributed by atoms with E-state index in [1.165, 1.54) is 6.42 Å². The van der Waals surface area contributed by atoms with Crippen LogP contribution >= 0.6 is 0 Å². The number of anilines is 1. The molecule has 0 spiro atoms. The maximum atomic E-state index is 14.7. The summed E-state index contributed by atoms with van der Waals surface area (Å²) < 4.78 is 5.57. The number of ether oxygens (including phenoxy) is 1. The smallest absolute Gasteiger partial charge is 0.408 e. The van der Waals surface area contributed by atoms with Crippen LogP contribution in [0, 0.1) is 19.8 Å². The van der Waals surface area contributed by atoms with E-state index in [1.807, 2.05) is 82.3 Å². The molecule has 2 N–H and O–H groups in total. The fraction of sp³-hybridized carbons (Fsp3) is 0.513. The molecule has 3 unspecified atom stereocenters. The molecule has 0 aliphatic carbocycles. The van der Waals surface area contributed by atoms with E-state index in [9.17, 15) is 14.4 Å². The largest absolute Gasteiger partial charge is 0.444 e. The number of carbonyl (C=O) groups excluding carboxylic acids is 3. The molecule has 250 valence electrons. The lowest BCUT2D eigenvalue weighted by Gasteiger charge is -2.36. The summed E-state index contributed by atoms with van der Waals surface area (Å²) in [5.41, 5.74) is 2.71. The second kappa shape index (κ2) is 17.2. The number of hydrogen-bond donors (Lipinski definition) is 2. The Balaban J connectivity index is 2.06. The number of alkyl carbamates (subject to hydrolysis) is 1. The van der Waals surface area contributed by atoms with Crippen LogP contribution in [0.4, 0.5) is 10.5 Å². The van der Waals surface area contributed by atoms with Gasteiger partial charge in [-0.2, -0.15) is 0 Å². The van der Waals surface area contributed by atoms with Crippen LogP contribution in [0.2, 0.25) is 0 Å². The van der Waals surface area contributed by atoms with Gasteiger partial charge in [0.15, 0.2) is 0 Å². The van der Waals surface area contributed by atoms with E-state index in [-0.39, 0.29) is 17.7 Å². The Kier molecular flexibility index (Phi) is 13.7. The molecule has 0 radical (unpaired) electrons. The van der Waals surface area contributed by atoms with Crippen molar-refractivity contribution < 1.29 is 19.1 Å². The summed E-state index contributed by atoms with van der Waals surface area (Å²) in [4.78, 5) is 43.8. The van der Waals surface area contributed by atoms with Gasteiger partial charge in [-0.15, -0.1) is 0 Å². The van der Waals surface area contributed by atoms with Crippen LogP contribution in [-0.2, 0) is 14.3 Å². The normalized spacial score (nSPS) is 13.5. The van der Waals surface area contributed by atoms with Crippen molar-refractivity contribution in [3.63, 3.8) is 0 Å². The number of rotatable bonds is 15. The van der Waals surface area contributed by atoms with Gasteiger partial charge in [-0.1, -0.05) is 119 Å². The number of unbranched alkanes of at least 4 members (excludes halogenated alkanes) is 5. The maximum absolute atomic E-state index is 14.7. The minimum atomic E-state index is -0.903. The van der Waals surface area contributed by atoms with Gasteiger partial charge >= 0.3 is 6.09 Å². The van der Waals surface area contributed by atoms with Crippen molar-refractivity contribution >= 4 is 34.4 Å². The summed E-state index contributed by atoms with van der Waals surface area (Å²) in [7, 11) is 0. The first kappa shape index (κ1) is 36.6. The lowest BCUT2D eigenvalue weighted by Crippen LogP contribution is -2.55. The van der Waals surface area contributed by atoms with Crippen LogP contribution in [0.25, 0.3) is 10.8 Å². The molecule has 7 nitrogen and oxygen atoms in total. The van der Waals surface area contributed by atoms with Gasteiger partial charge in [-0.3, -0.25) is 9.59 Å². The van der Waals surface area contributed by atoms with Crippen LogP contribution in [0.15, 0.2) is 60.7 Å². The third kappa shape index (κ3) is 10.9. The number of aryl methyl sites for hydroxylation is 2. The van der Waals surface area contributed by atoms with Gasteiger partial charge in [0.25, 0.3) is 5.91 Å². The van der Waals surface area contributed by atoms with Gasteiger partial charge in [0.2, 0.25) is 5.91 Å². The Morgan fingerprint density at radius 1 is 0.826 bits per heavy atom. The maximum Gasteiger partial charge on any atom is 0.408 e. The topological polar surface area (TPSA) is 87.7 Å². The minimum Gasteiger partial charge on any atom is -0.444 e. The van der Waals surface area contributed by atoms with Crippen LogP contribution < -0.4 is 10.6 Å². The van der Waals surface area contributed by atoms with Crippen LogP contribution in [0.5, 0.6) is 0 Å². The molecule has 0 saturated heterocycles. The second-order valence-corrected chi connectivity index (χ2v) is 13.7. The van der Waals surface area contributed by atoms with Gasteiger partial charge in [0.05, 0.1) is 0 Å². The molecule has 3 aromatic carbocycles. The fourth-order valence-corrected chi connectivity index (χ4v) is 5.84. The molecule has 3 rings (SSSR count). The highest BCUT2D eigenvalue weighted by Crippen LogP contribution is 2.29. The average Bonchev–Trinajstić information content (AvgIpc) is 2.98. The van der Waals surface area contributed by atoms with E-state index >= 15 is 0 Å². The molecule has 0 aliphatic heterocycles. The van der Waals surface area contributed by atoms with Crippen molar-refractivity contribution in [2.24, 2.45) is 5.92 Å². The molecule has 0 aliphatic rings. The predicted octanol–water partition coefficient (Wildman–Crippen LogP) is 9.26. The molecule has 0 aromatic heterocycles. The average molecular weight is 630 g/mol. The number of hydrogen-bond acceptors (Lipinski definition) is 4. The molecule has 46 heavy (non-hydrogen) atoms. The highest BCUT2D eigenvalue weighted by atomic mass is 16.6. The van der Waals surface area contributed by atoms with Crippen molar-refractivity contribution in [3.05, 3.63) is 77.4 Å². The Morgan fingerprint density at radius 3 is 2.09 bits per heavy atom. The molecule has 0 heterocycles. The Morgan fingerprint density at radius 2 is 1.46 bits per heavy atom. The van der Waals surface area contributed by atoms with E-state index < -0.39 is 23.8 Å². The Bertz CT molecular complexity index is 1440. The monoisotopic (exact) mass is 629 g/mol. The first-order chi connectivity index (χ1) is 21.8. The van der Waals surface area contributed by atoms with Crippen LogP contribution in [-0.4, -0.2) is 41.0 Å². The zero-order chi connectivity index (χ0) is 33.9. The molecule has 0 bridgehead atoms. The quantitative estimate of drug-likeness (QED) is 0.164. The summed E-state index contributed by atoms with van der Waals surface area (Å²) >= 11 is 0. The molecule has 7 heteroatoms. The second-order valence-electron chi connectivity index (χ2n) is 13.7. The highest BCUT2D eigenvalue weighted by molar-refractivity contribution is 6.00. The van der Waals surface area contributed by atoms with E-state index in [0.717, 1.165) is 59.6 Å². The molecule has 0 saturated carbocycles. The van der Waals surface area contributed by atoms with E-state index in [0.29, 0.717) is 18.7 Å². The van der Waals surface area contributed by atoms with Crippen molar-refractivity contribution in [2.75, 3.05) is 11.9 Å². The molecular weight excluding hydrogens is 574 g/mol. The molecule has 3 aromatic rings. The van der Waals surface area contributed by atoms with Crippen molar-refractivity contribution in [2.45, 2.75) is 118 Å². The number of carbonyl (C=O) groups is 3. The number of benzene rings is 3. The van der Waals surface area contributed by atoms with Crippen molar-refractivity contribution in [3.8, 4) is 0 Å². The zero-order valence-electron chi connectivity index (χ0n) is 29.2. The number of nitrogens with zero attached hydrogens (tertiary/aromatic N) is 1. The van der Waals surface area contributed by atoms with Crippen LogP contribution in [0.3, 0.4) is 0 Å². The third-order valence-electron chi connectivity index (χ3n) is 8.32. The lowest BCUT2D eigenvalue weighted by molar-refractivity contribution is -0.142. The summed E-state index contributed by atoms with van der Waals surface area (Å²) in [5, 5.41) is 8.11. The summed E-state index contributed by atoms with van der Waals surface area (Å²) in [5.74, 6) is -0.762. The zero-order valence-corrected chi connectivity index (χ0v) is 29.2. The molecule has 3 amide bonds. The third-order valence-corrected chi connectivity index (χ3v) is 8.32. The van der Waals surface area contributed by atoms with Gasteiger partial charge in [-0.05, 0) is 75.4 Å². The van der Waals surface area contributed by atoms with E-state index in [4.69, 9.17) is 4.74 Å². The lowest BCUT2D eigenvalue weighted by atomic mass is 9.94. The SMILES string of the molecule is CCCCCCCCN(C(=O)C(NC(=O)OC(C)(C)C)C(C)CC)C(C(=O)Nc1ccc2ccccc2c1)c1cc(C)cc(C)c1. The Labute approximate surface area is 276 Å². The van der Waals surface area contributed by atoms with Crippen LogP contribution in [0.1, 0.15) is 109 Å². The summed E-state index contributed by atoms with van der Waals surface area (Å²) in [6.07, 6.45) is 6.26. The number of nitrogens with one attached hydrogen (secondary N) is 2. The predicted molar refractivity (Wildman–Crippen MR) is 189 cm³/mol. The summed E-state index contributed by atoms with van der Waals surface area (Å²) in [6.45, 7) is 15.9. The van der Waals surface area contributed by atoms with Crippen molar-refractivity contribution in [1.82, 2.24) is 10.2 Å². The van der Waals surface area contributed by atoms with Gasteiger partial charge < -0.3 is 20.3 Å². The first-order valence-corrected chi connectivity index (χ1v) is 17.0. The number of fused-ring (bicyclic) bond motifs is 1. The van der Waals surface area contributed by atoms with Gasteiger partial charge in [0, 0.05) is 12.2 Å². The first-order valence-electron chi connectivity index (χ1n) is 17.0.